The number of benzene rings is 2. The van der Waals surface area contributed by atoms with Crippen molar-refractivity contribution in [3.05, 3.63) is 53.6 Å². The van der Waals surface area contributed by atoms with Crippen LogP contribution in [-0.4, -0.2) is 39.7 Å². The Morgan fingerprint density at radius 3 is 2.28 bits per heavy atom. The quantitative estimate of drug-likeness (QED) is 0.288. The summed E-state index contributed by atoms with van der Waals surface area (Å²) in [5.74, 6) is 2.05. The predicted molar refractivity (Wildman–Crippen MR) is 128 cm³/mol. The van der Waals surface area contributed by atoms with Crippen LogP contribution in [0.2, 0.25) is 0 Å². The van der Waals surface area contributed by atoms with Gasteiger partial charge in [0, 0.05) is 27.1 Å². The number of nitrogens with one attached hydrogen (secondary N) is 3. The number of guanidine groups is 1. The van der Waals surface area contributed by atoms with Gasteiger partial charge in [-0.2, -0.15) is 0 Å². The Kier molecular flexibility index (Phi) is 10.9. The van der Waals surface area contributed by atoms with E-state index >= 15 is 0 Å². The number of rotatable bonds is 8. The zero-order chi connectivity index (χ0) is 20.4. The molecule has 0 aromatic heterocycles. The molecule has 0 radical (unpaired) electrons. The highest BCUT2D eigenvalue weighted by molar-refractivity contribution is 14.0. The summed E-state index contributed by atoms with van der Waals surface area (Å²) in [4.78, 5) is 15.6. The molecule has 0 aliphatic heterocycles. The third-order valence-corrected chi connectivity index (χ3v) is 4.12. The third kappa shape index (κ3) is 8.18. The summed E-state index contributed by atoms with van der Waals surface area (Å²) >= 11 is 0. The van der Waals surface area contributed by atoms with Gasteiger partial charge in [0.25, 0.3) is 0 Å². The number of nitrogens with zero attached hydrogens (tertiary/aromatic N) is 1. The first-order valence-corrected chi connectivity index (χ1v) is 9.07. The van der Waals surface area contributed by atoms with E-state index in [1.54, 1.807) is 21.3 Å². The maximum Gasteiger partial charge on any atom is 0.221 e. The second kappa shape index (κ2) is 12.9. The number of carbonyl (C=O) groups is 1. The molecule has 8 heteroatoms. The van der Waals surface area contributed by atoms with E-state index in [4.69, 9.17) is 9.47 Å². The standard InChI is InChI=1S/C21H28N4O3.HI/c1-15(26)25-19-13-17(7-10-20(19)28-4)14-24-21(22-2)23-12-11-16-5-8-18(27-3)9-6-16;/h5-10,13H,11-12,14H2,1-4H3,(H,25,26)(H2,22,23,24);1H. The third-order valence-electron chi connectivity index (χ3n) is 4.12. The fourth-order valence-corrected chi connectivity index (χ4v) is 2.68. The van der Waals surface area contributed by atoms with Crippen molar-refractivity contribution in [1.82, 2.24) is 10.6 Å². The average Bonchev–Trinajstić information content (AvgIpc) is 2.70. The van der Waals surface area contributed by atoms with Gasteiger partial charge in [0.1, 0.15) is 11.5 Å². The molecule has 2 aromatic carbocycles. The first kappa shape index (κ1) is 24.5. The van der Waals surface area contributed by atoms with Crippen molar-refractivity contribution < 1.29 is 14.3 Å². The number of hydrogen-bond donors (Lipinski definition) is 3. The van der Waals surface area contributed by atoms with Crippen LogP contribution >= 0.6 is 24.0 Å². The lowest BCUT2D eigenvalue weighted by molar-refractivity contribution is -0.114. The minimum Gasteiger partial charge on any atom is -0.497 e. The Labute approximate surface area is 189 Å². The van der Waals surface area contributed by atoms with Crippen LogP contribution in [0.5, 0.6) is 11.5 Å². The second-order valence-electron chi connectivity index (χ2n) is 6.17. The van der Waals surface area contributed by atoms with E-state index < -0.39 is 0 Å². The van der Waals surface area contributed by atoms with Gasteiger partial charge in [-0.05, 0) is 41.8 Å². The molecule has 2 aromatic rings. The SMILES string of the molecule is CN=C(NCCc1ccc(OC)cc1)NCc1ccc(OC)c(NC(C)=O)c1.I. The van der Waals surface area contributed by atoms with Crippen LogP contribution in [0.25, 0.3) is 0 Å². The second-order valence-corrected chi connectivity index (χ2v) is 6.17. The van der Waals surface area contributed by atoms with E-state index in [9.17, 15) is 4.79 Å². The Morgan fingerprint density at radius 1 is 1.00 bits per heavy atom. The zero-order valence-electron chi connectivity index (χ0n) is 17.2. The molecule has 0 unspecified atom stereocenters. The highest BCUT2D eigenvalue weighted by atomic mass is 127. The molecular weight excluding hydrogens is 483 g/mol. The van der Waals surface area contributed by atoms with Crippen molar-refractivity contribution in [2.45, 2.75) is 19.9 Å². The van der Waals surface area contributed by atoms with Gasteiger partial charge in [0.2, 0.25) is 5.91 Å². The normalized spacial score (nSPS) is 10.6. The minimum atomic E-state index is -0.139. The van der Waals surface area contributed by atoms with Crippen LogP contribution in [0.3, 0.4) is 0 Å². The summed E-state index contributed by atoms with van der Waals surface area (Å²) in [7, 11) is 4.97. The van der Waals surface area contributed by atoms with Crippen LogP contribution in [0.1, 0.15) is 18.1 Å². The maximum atomic E-state index is 11.4. The molecule has 0 spiro atoms. The van der Waals surface area contributed by atoms with Crippen molar-refractivity contribution in [3.63, 3.8) is 0 Å². The molecule has 0 fully saturated rings. The largest absolute Gasteiger partial charge is 0.497 e. The van der Waals surface area contributed by atoms with Gasteiger partial charge in [0.15, 0.2) is 5.96 Å². The lowest BCUT2D eigenvalue weighted by atomic mass is 10.1. The van der Waals surface area contributed by atoms with E-state index in [-0.39, 0.29) is 29.9 Å². The molecule has 0 saturated carbocycles. The Bertz CT molecular complexity index is 810. The molecule has 0 heterocycles. The molecule has 3 N–H and O–H groups in total. The Morgan fingerprint density at radius 2 is 1.69 bits per heavy atom. The minimum absolute atomic E-state index is 0. The van der Waals surface area contributed by atoms with Crippen molar-refractivity contribution in [3.8, 4) is 11.5 Å². The van der Waals surface area contributed by atoms with E-state index in [0.29, 0.717) is 23.9 Å². The van der Waals surface area contributed by atoms with Crippen LogP contribution < -0.4 is 25.4 Å². The number of carbonyl (C=O) groups excluding carboxylic acids is 1. The molecule has 1 amide bonds. The summed E-state index contributed by atoms with van der Waals surface area (Å²) in [6.07, 6.45) is 0.875. The number of ether oxygens (including phenoxy) is 2. The number of hydrogen-bond acceptors (Lipinski definition) is 4. The molecule has 0 atom stereocenters. The lowest BCUT2D eigenvalue weighted by Crippen LogP contribution is -2.37. The number of methoxy groups -OCH3 is 2. The molecule has 2 rings (SSSR count). The summed E-state index contributed by atoms with van der Waals surface area (Å²) < 4.78 is 10.5. The predicted octanol–water partition coefficient (Wildman–Crippen LogP) is 3.19. The van der Waals surface area contributed by atoms with Crippen molar-refractivity contribution in [1.29, 1.82) is 0 Å². The van der Waals surface area contributed by atoms with E-state index in [2.05, 4.69) is 33.1 Å². The molecule has 7 nitrogen and oxygen atoms in total. The van der Waals surface area contributed by atoms with Gasteiger partial charge >= 0.3 is 0 Å². The highest BCUT2D eigenvalue weighted by Gasteiger charge is 2.07. The number of aliphatic imine (C=N–C) groups is 1. The van der Waals surface area contributed by atoms with Crippen LogP contribution in [0.4, 0.5) is 5.69 Å². The average molecular weight is 512 g/mol. The van der Waals surface area contributed by atoms with Crippen molar-refractivity contribution in [2.24, 2.45) is 4.99 Å². The summed E-state index contributed by atoms with van der Waals surface area (Å²) in [5, 5.41) is 9.35. The van der Waals surface area contributed by atoms with Crippen molar-refractivity contribution in [2.75, 3.05) is 33.1 Å². The highest BCUT2D eigenvalue weighted by Crippen LogP contribution is 2.25. The van der Waals surface area contributed by atoms with Crippen molar-refractivity contribution >= 4 is 41.5 Å². The fraction of sp³-hybridized carbons (Fsp3) is 0.333. The van der Waals surface area contributed by atoms with Gasteiger partial charge in [0.05, 0.1) is 19.9 Å². The molecule has 29 heavy (non-hydrogen) atoms. The maximum absolute atomic E-state index is 11.4. The molecule has 0 saturated heterocycles. The molecule has 0 aliphatic rings. The molecule has 0 bridgehead atoms. The van der Waals surface area contributed by atoms with E-state index in [1.807, 2.05) is 30.3 Å². The molecular formula is C21H29IN4O3. The lowest BCUT2D eigenvalue weighted by Gasteiger charge is -2.14. The smallest absolute Gasteiger partial charge is 0.221 e. The van der Waals surface area contributed by atoms with Crippen LogP contribution in [-0.2, 0) is 17.8 Å². The first-order chi connectivity index (χ1) is 13.5. The van der Waals surface area contributed by atoms with Gasteiger partial charge in [-0.15, -0.1) is 24.0 Å². The van der Waals surface area contributed by atoms with E-state index in [1.165, 1.54) is 12.5 Å². The number of halogens is 1. The first-order valence-electron chi connectivity index (χ1n) is 9.07. The van der Waals surface area contributed by atoms with Gasteiger partial charge in [-0.3, -0.25) is 9.79 Å². The fourth-order valence-electron chi connectivity index (χ4n) is 2.68. The topological polar surface area (TPSA) is 84.0 Å². The van der Waals surface area contributed by atoms with Crippen LogP contribution in [0.15, 0.2) is 47.5 Å². The van der Waals surface area contributed by atoms with Gasteiger partial charge in [-0.25, -0.2) is 0 Å². The Balaban J connectivity index is 0.00000420. The summed E-state index contributed by atoms with van der Waals surface area (Å²) in [6, 6.07) is 13.7. The molecule has 158 valence electrons. The zero-order valence-corrected chi connectivity index (χ0v) is 19.6. The Hall–Kier alpha value is -2.49. The van der Waals surface area contributed by atoms with Gasteiger partial charge in [-0.1, -0.05) is 18.2 Å². The summed E-state index contributed by atoms with van der Waals surface area (Å²) in [5.41, 5.74) is 2.87. The van der Waals surface area contributed by atoms with Gasteiger partial charge < -0.3 is 25.4 Å². The number of anilines is 1. The number of amides is 1. The molecule has 0 aliphatic carbocycles. The van der Waals surface area contributed by atoms with Crippen LogP contribution in [0, 0.1) is 0 Å². The summed E-state index contributed by atoms with van der Waals surface area (Å²) in [6.45, 7) is 2.80. The monoisotopic (exact) mass is 512 g/mol. The van der Waals surface area contributed by atoms with E-state index in [0.717, 1.165) is 24.3 Å².